The third-order valence-corrected chi connectivity index (χ3v) is 3.15. The van der Waals surface area contributed by atoms with Crippen molar-refractivity contribution in [2.45, 2.75) is 32.4 Å². The van der Waals surface area contributed by atoms with Gasteiger partial charge < -0.3 is 24.3 Å². The predicted octanol–water partition coefficient (Wildman–Crippen LogP) is 2.48. The molecule has 20 heavy (non-hydrogen) atoms. The molecule has 2 atom stereocenters. The van der Waals surface area contributed by atoms with Gasteiger partial charge >= 0.3 is 0 Å². The molecule has 2 unspecified atom stereocenters. The molecule has 0 bridgehead atoms. The molecule has 0 aliphatic rings. The van der Waals surface area contributed by atoms with E-state index in [4.69, 9.17) is 18.9 Å². The molecule has 5 heteroatoms. The van der Waals surface area contributed by atoms with Gasteiger partial charge in [-0.25, -0.2) is 0 Å². The van der Waals surface area contributed by atoms with Gasteiger partial charge in [0, 0.05) is 18.2 Å². The molecule has 0 saturated heterocycles. The van der Waals surface area contributed by atoms with Crippen molar-refractivity contribution in [1.29, 1.82) is 0 Å². The number of benzene rings is 1. The fraction of sp³-hybridized carbons (Fsp3) is 0.600. The van der Waals surface area contributed by atoms with Gasteiger partial charge in [0.05, 0.1) is 27.4 Å². The van der Waals surface area contributed by atoms with E-state index in [-0.39, 0.29) is 6.10 Å². The molecule has 0 heterocycles. The van der Waals surface area contributed by atoms with E-state index in [1.54, 1.807) is 21.3 Å². The fourth-order valence-corrected chi connectivity index (χ4v) is 2.02. The normalized spacial score (nSPS) is 13.5. The van der Waals surface area contributed by atoms with Crippen molar-refractivity contribution in [3.8, 4) is 23.0 Å². The van der Waals surface area contributed by atoms with E-state index in [2.05, 4.69) is 12.2 Å². The smallest absolute Gasteiger partial charge is 0.203 e. The summed E-state index contributed by atoms with van der Waals surface area (Å²) in [6, 6.07) is 4.01. The largest absolute Gasteiger partial charge is 0.493 e. The molecule has 0 aliphatic heterocycles. The van der Waals surface area contributed by atoms with E-state index in [1.807, 2.05) is 26.1 Å². The molecular formula is C15H25NO4. The van der Waals surface area contributed by atoms with E-state index in [1.165, 1.54) is 0 Å². The van der Waals surface area contributed by atoms with Gasteiger partial charge in [-0.05, 0) is 27.3 Å². The molecule has 0 amide bonds. The minimum atomic E-state index is 0.0836. The second-order valence-electron chi connectivity index (χ2n) is 4.71. The minimum absolute atomic E-state index is 0.0836. The summed E-state index contributed by atoms with van der Waals surface area (Å²) in [5.74, 6) is 2.46. The molecule has 114 valence electrons. The first-order valence-corrected chi connectivity index (χ1v) is 6.69. The molecule has 0 radical (unpaired) electrons. The molecule has 1 aromatic carbocycles. The van der Waals surface area contributed by atoms with Crippen LogP contribution in [0.1, 0.15) is 20.3 Å². The van der Waals surface area contributed by atoms with Gasteiger partial charge in [0.25, 0.3) is 0 Å². The molecule has 0 aliphatic carbocycles. The molecule has 5 nitrogen and oxygen atoms in total. The summed E-state index contributed by atoms with van der Waals surface area (Å²) in [4.78, 5) is 0. The summed E-state index contributed by atoms with van der Waals surface area (Å²) in [6.07, 6.45) is 0.993. The Labute approximate surface area is 121 Å². The first kappa shape index (κ1) is 16.4. The Morgan fingerprint density at radius 1 is 1.00 bits per heavy atom. The lowest BCUT2D eigenvalue weighted by atomic mass is 10.1. The highest BCUT2D eigenvalue weighted by Crippen LogP contribution is 2.41. The van der Waals surface area contributed by atoms with Gasteiger partial charge in [-0.1, -0.05) is 0 Å². The lowest BCUT2D eigenvalue weighted by Crippen LogP contribution is -2.28. The third-order valence-electron chi connectivity index (χ3n) is 3.15. The molecule has 1 rings (SSSR count). The standard InChI is InChI=1S/C15H25NO4/c1-10(16-3)7-11(2)20-12-8-13(17-4)15(19-6)14(9-12)18-5/h8-11,16H,7H2,1-6H3. The van der Waals surface area contributed by atoms with Gasteiger partial charge in [-0.3, -0.25) is 0 Å². The highest BCUT2D eigenvalue weighted by Gasteiger charge is 2.16. The van der Waals surface area contributed by atoms with Crippen LogP contribution in [0.3, 0.4) is 0 Å². The number of rotatable bonds is 8. The van der Waals surface area contributed by atoms with Crippen LogP contribution in [0.4, 0.5) is 0 Å². The average Bonchev–Trinajstić information content (AvgIpc) is 2.45. The van der Waals surface area contributed by atoms with Crippen LogP contribution < -0.4 is 24.3 Å². The van der Waals surface area contributed by atoms with Crippen LogP contribution in [0.2, 0.25) is 0 Å². The maximum absolute atomic E-state index is 5.92. The van der Waals surface area contributed by atoms with Crippen LogP contribution in [0.25, 0.3) is 0 Å². The van der Waals surface area contributed by atoms with Crippen molar-refractivity contribution in [1.82, 2.24) is 5.32 Å². The second-order valence-corrected chi connectivity index (χ2v) is 4.71. The summed E-state index contributed by atoms with van der Waals surface area (Å²) in [7, 11) is 6.70. The number of methoxy groups -OCH3 is 3. The Hall–Kier alpha value is -1.62. The lowest BCUT2D eigenvalue weighted by Gasteiger charge is -2.20. The van der Waals surface area contributed by atoms with Crippen LogP contribution in [0.15, 0.2) is 12.1 Å². The molecule has 0 fully saturated rings. The number of hydrogen-bond acceptors (Lipinski definition) is 5. The minimum Gasteiger partial charge on any atom is -0.493 e. The number of hydrogen-bond donors (Lipinski definition) is 1. The van der Waals surface area contributed by atoms with Crippen LogP contribution in [0.5, 0.6) is 23.0 Å². The molecule has 0 aromatic heterocycles. The van der Waals surface area contributed by atoms with Gasteiger partial charge in [-0.15, -0.1) is 0 Å². The van der Waals surface area contributed by atoms with Crippen molar-refractivity contribution in [3.05, 3.63) is 12.1 Å². The third kappa shape index (κ3) is 4.20. The maximum atomic E-state index is 5.92. The zero-order valence-electron chi connectivity index (χ0n) is 13.1. The van der Waals surface area contributed by atoms with E-state index < -0.39 is 0 Å². The zero-order chi connectivity index (χ0) is 15.1. The predicted molar refractivity (Wildman–Crippen MR) is 79.3 cm³/mol. The molecule has 1 N–H and O–H groups in total. The number of ether oxygens (including phenoxy) is 4. The first-order valence-electron chi connectivity index (χ1n) is 6.69. The molecule has 0 saturated carbocycles. The Morgan fingerprint density at radius 2 is 1.55 bits per heavy atom. The van der Waals surface area contributed by atoms with Crippen LogP contribution in [-0.4, -0.2) is 40.5 Å². The van der Waals surface area contributed by atoms with E-state index >= 15 is 0 Å². The average molecular weight is 283 g/mol. The highest BCUT2D eigenvalue weighted by molar-refractivity contribution is 5.55. The van der Waals surface area contributed by atoms with Gasteiger partial charge in [0.15, 0.2) is 11.5 Å². The van der Waals surface area contributed by atoms with Gasteiger partial charge in [0.2, 0.25) is 5.75 Å². The lowest BCUT2D eigenvalue weighted by molar-refractivity contribution is 0.195. The Kier molecular flexibility index (Phi) is 6.45. The monoisotopic (exact) mass is 283 g/mol. The van der Waals surface area contributed by atoms with Crippen molar-refractivity contribution in [2.75, 3.05) is 28.4 Å². The molecule has 1 aromatic rings. The Balaban J connectivity index is 2.90. The first-order chi connectivity index (χ1) is 9.55. The van der Waals surface area contributed by atoms with Crippen LogP contribution >= 0.6 is 0 Å². The van der Waals surface area contributed by atoms with Gasteiger partial charge in [0.1, 0.15) is 5.75 Å². The van der Waals surface area contributed by atoms with Crippen molar-refractivity contribution in [3.63, 3.8) is 0 Å². The van der Waals surface area contributed by atoms with E-state index in [0.29, 0.717) is 29.0 Å². The number of nitrogens with one attached hydrogen (secondary N) is 1. The van der Waals surface area contributed by atoms with E-state index in [0.717, 1.165) is 6.42 Å². The van der Waals surface area contributed by atoms with Crippen LogP contribution in [-0.2, 0) is 0 Å². The fourth-order valence-electron chi connectivity index (χ4n) is 2.02. The Bertz CT molecular complexity index is 397. The zero-order valence-corrected chi connectivity index (χ0v) is 13.1. The summed E-state index contributed by atoms with van der Waals surface area (Å²) in [5.41, 5.74) is 0. The van der Waals surface area contributed by atoms with Crippen molar-refractivity contribution < 1.29 is 18.9 Å². The SMILES string of the molecule is CNC(C)CC(C)Oc1cc(OC)c(OC)c(OC)c1. The van der Waals surface area contributed by atoms with Crippen LogP contribution in [0, 0.1) is 0 Å². The highest BCUT2D eigenvalue weighted by atomic mass is 16.5. The quantitative estimate of drug-likeness (QED) is 0.794. The topological polar surface area (TPSA) is 49.0 Å². The summed E-state index contributed by atoms with van der Waals surface area (Å²) in [5, 5.41) is 3.20. The summed E-state index contributed by atoms with van der Waals surface area (Å²) >= 11 is 0. The van der Waals surface area contributed by atoms with Gasteiger partial charge in [-0.2, -0.15) is 0 Å². The molecular weight excluding hydrogens is 258 g/mol. The molecule has 0 spiro atoms. The van der Waals surface area contributed by atoms with Crippen molar-refractivity contribution in [2.24, 2.45) is 0 Å². The summed E-state index contributed by atoms with van der Waals surface area (Å²) < 4.78 is 21.8. The second kappa shape index (κ2) is 7.85. The van der Waals surface area contributed by atoms with Crippen molar-refractivity contribution >= 4 is 0 Å². The maximum Gasteiger partial charge on any atom is 0.203 e. The summed E-state index contributed by atoms with van der Waals surface area (Å²) in [6.45, 7) is 4.16. The Morgan fingerprint density at radius 3 is 1.95 bits per heavy atom. The van der Waals surface area contributed by atoms with E-state index in [9.17, 15) is 0 Å².